The van der Waals surface area contributed by atoms with E-state index in [1.54, 1.807) is 29.3 Å². The lowest BCUT2D eigenvalue weighted by atomic mass is 9.98. The number of aliphatic imine (C=N–C) groups is 1. The number of halogens is 4. The number of carbonyl (C=O) groups excluding carboxylic acids is 2. The lowest BCUT2D eigenvalue weighted by Gasteiger charge is -2.23. The van der Waals surface area contributed by atoms with Gasteiger partial charge in [-0.3, -0.25) is 9.59 Å². The average molecular weight is 543 g/mol. The van der Waals surface area contributed by atoms with Gasteiger partial charge in [0.2, 0.25) is 5.91 Å². The van der Waals surface area contributed by atoms with E-state index in [1.807, 2.05) is 12.1 Å². The minimum atomic E-state index is -1.09. The molecule has 2 heterocycles. The van der Waals surface area contributed by atoms with E-state index in [-0.39, 0.29) is 24.0 Å². The maximum absolute atomic E-state index is 13.5. The number of hydrogen-bond acceptors (Lipinski definition) is 5. The molecule has 1 N–H and O–H groups in total. The Morgan fingerprint density at radius 2 is 1.84 bits per heavy atom. The van der Waals surface area contributed by atoms with Crippen LogP contribution in [0.2, 0.25) is 5.02 Å². The van der Waals surface area contributed by atoms with E-state index in [4.69, 9.17) is 16.7 Å². The van der Waals surface area contributed by atoms with Crippen molar-refractivity contribution < 1.29 is 22.8 Å². The molecule has 3 aromatic rings. The summed E-state index contributed by atoms with van der Waals surface area (Å²) in [6, 6.07) is 15.9. The molecule has 37 heavy (non-hydrogen) atoms. The minimum Gasteiger partial charge on any atom is -0.326 e. The number of nitrogens with zero attached hydrogens (tertiary/aromatic N) is 3. The molecule has 188 valence electrons. The van der Waals surface area contributed by atoms with Crippen LogP contribution >= 0.6 is 23.4 Å². The minimum absolute atomic E-state index is 0.0783. The topological polar surface area (TPSA) is 74.1 Å². The standard InChI is InChI=1S/C26H18ClF3N4O2S/c27-16-3-1-2-15(10-16)22-12-21(14-4-6-17(28)7-5-14)33-34(22)26-32-25(36)23(37-26)13-24(35)31-18-8-9-19(29)20(30)11-18/h1-11,22-23H,12-13H2,(H,31,35)/t22-,23+/m1/s1. The van der Waals surface area contributed by atoms with Gasteiger partial charge in [-0.15, -0.1) is 0 Å². The van der Waals surface area contributed by atoms with E-state index >= 15 is 0 Å². The van der Waals surface area contributed by atoms with E-state index in [1.165, 1.54) is 18.2 Å². The summed E-state index contributed by atoms with van der Waals surface area (Å²) in [5, 5.41) is 8.83. The van der Waals surface area contributed by atoms with Crippen LogP contribution in [0.15, 0.2) is 76.8 Å². The molecule has 0 radical (unpaired) electrons. The number of thioether (sulfide) groups is 1. The summed E-state index contributed by atoms with van der Waals surface area (Å²) in [5.74, 6) is -3.53. The van der Waals surface area contributed by atoms with Gasteiger partial charge in [0.05, 0.1) is 11.8 Å². The Labute approximate surface area is 219 Å². The zero-order valence-electron chi connectivity index (χ0n) is 19.0. The van der Waals surface area contributed by atoms with Crippen molar-refractivity contribution in [2.24, 2.45) is 10.1 Å². The maximum atomic E-state index is 13.5. The predicted molar refractivity (Wildman–Crippen MR) is 137 cm³/mol. The first kappa shape index (κ1) is 25.0. The second kappa shape index (κ2) is 10.4. The fraction of sp³-hybridized carbons (Fsp3) is 0.154. The van der Waals surface area contributed by atoms with Crippen LogP contribution in [-0.2, 0) is 9.59 Å². The first-order chi connectivity index (χ1) is 17.8. The molecule has 2 atom stereocenters. The van der Waals surface area contributed by atoms with Crippen molar-refractivity contribution in [3.63, 3.8) is 0 Å². The summed E-state index contributed by atoms with van der Waals surface area (Å²) in [6.45, 7) is 0. The van der Waals surface area contributed by atoms with E-state index in [9.17, 15) is 22.8 Å². The summed E-state index contributed by atoms with van der Waals surface area (Å²) in [4.78, 5) is 29.3. The van der Waals surface area contributed by atoms with Gasteiger partial charge in [-0.1, -0.05) is 47.6 Å². The van der Waals surface area contributed by atoms with Crippen molar-refractivity contribution in [3.8, 4) is 0 Å². The van der Waals surface area contributed by atoms with Gasteiger partial charge >= 0.3 is 0 Å². The second-order valence-corrected chi connectivity index (χ2v) is 10.00. The van der Waals surface area contributed by atoms with Crippen molar-refractivity contribution in [2.45, 2.75) is 24.1 Å². The van der Waals surface area contributed by atoms with Crippen molar-refractivity contribution in [3.05, 3.63) is 100 Å². The molecule has 2 aliphatic rings. The first-order valence-electron chi connectivity index (χ1n) is 11.2. The highest BCUT2D eigenvalue weighted by Gasteiger charge is 2.39. The quantitative estimate of drug-likeness (QED) is 0.433. The van der Waals surface area contributed by atoms with E-state index in [0.717, 1.165) is 35.0 Å². The highest BCUT2D eigenvalue weighted by molar-refractivity contribution is 8.15. The summed E-state index contributed by atoms with van der Waals surface area (Å²) < 4.78 is 40.0. The van der Waals surface area contributed by atoms with Gasteiger partial charge in [-0.25, -0.2) is 18.2 Å². The van der Waals surface area contributed by atoms with Crippen LogP contribution < -0.4 is 5.32 Å². The van der Waals surface area contributed by atoms with Gasteiger partial charge < -0.3 is 5.32 Å². The molecule has 0 saturated carbocycles. The zero-order valence-corrected chi connectivity index (χ0v) is 20.6. The molecule has 11 heteroatoms. The fourth-order valence-corrected chi connectivity index (χ4v) is 5.30. The van der Waals surface area contributed by atoms with Gasteiger partial charge in [0.25, 0.3) is 5.91 Å². The molecule has 0 unspecified atom stereocenters. The van der Waals surface area contributed by atoms with Crippen LogP contribution in [-0.4, -0.2) is 33.0 Å². The molecule has 3 aromatic carbocycles. The number of amidine groups is 1. The fourth-order valence-electron chi connectivity index (χ4n) is 4.04. The molecule has 0 spiro atoms. The van der Waals surface area contributed by atoms with Crippen LogP contribution in [0.5, 0.6) is 0 Å². The van der Waals surface area contributed by atoms with Crippen molar-refractivity contribution in [1.82, 2.24) is 5.01 Å². The predicted octanol–water partition coefficient (Wildman–Crippen LogP) is 5.94. The molecular formula is C26H18ClF3N4O2S. The molecule has 0 saturated heterocycles. The molecular weight excluding hydrogens is 525 g/mol. The number of hydrogen-bond donors (Lipinski definition) is 1. The van der Waals surface area contributed by atoms with Crippen molar-refractivity contribution in [2.75, 3.05) is 5.32 Å². The van der Waals surface area contributed by atoms with Crippen molar-refractivity contribution in [1.29, 1.82) is 0 Å². The Bertz CT molecular complexity index is 1450. The number of carbonyl (C=O) groups is 2. The molecule has 0 fully saturated rings. The van der Waals surface area contributed by atoms with E-state index < -0.39 is 28.7 Å². The Morgan fingerprint density at radius 3 is 2.57 bits per heavy atom. The van der Waals surface area contributed by atoms with Gasteiger partial charge in [-0.2, -0.15) is 10.1 Å². The Balaban J connectivity index is 1.35. The monoisotopic (exact) mass is 542 g/mol. The van der Waals surface area contributed by atoms with Crippen LogP contribution in [0.4, 0.5) is 18.9 Å². The molecule has 2 amide bonds. The number of nitrogens with one attached hydrogen (secondary N) is 1. The number of benzene rings is 3. The molecule has 0 aliphatic carbocycles. The molecule has 2 aliphatic heterocycles. The van der Waals surface area contributed by atoms with Crippen LogP contribution in [0.3, 0.4) is 0 Å². The molecule has 0 bridgehead atoms. The molecule has 0 aromatic heterocycles. The highest BCUT2D eigenvalue weighted by Crippen LogP contribution is 2.39. The third-order valence-electron chi connectivity index (χ3n) is 5.82. The van der Waals surface area contributed by atoms with Crippen LogP contribution in [0, 0.1) is 17.5 Å². The third kappa shape index (κ3) is 5.55. The normalized spacial score (nSPS) is 19.1. The number of amides is 2. The van der Waals surface area contributed by atoms with Crippen molar-refractivity contribution >= 4 is 51.7 Å². The van der Waals surface area contributed by atoms with Gasteiger partial charge in [0, 0.05) is 29.6 Å². The second-order valence-electron chi connectivity index (χ2n) is 8.39. The first-order valence-corrected chi connectivity index (χ1v) is 12.4. The smallest absolute Gasteiger partial charge is 0.262 e. The Morgan fingerprint density at radius 1 is 1.05 bits per heavy atom. The van der Waals surface area contributed by atoms with Crippen LogP contribution in [0.1, 0.15) is 30.0 Å². The lowest BCUT2D eigenvalue weighted by Crippen LogP contribution is -2.25. The molecule has 5 rings (SSSR count). The van der Waals surface area contributed by atoms with E-state index in [0.29, 0.717) is 22.3 Å². The molecule has 6 nitrogen and oxygen atoms in total. The van der Waals surface area contributed by atoms with E-state index in [2.05, 4.69) is 10.3 Å². The lowest BCUT2D eigenvalue weighted by molar-refractivity contribution is -0.121. The Kier molecular flexibility index (Phi) is 7.03. The summed E-state index contributed by atoms with van der Waals surface area (Å²) >= 11 is 7.31. The maximum Gasteiger partial charge on any atom is 0.262 e. The largest absolute Gasteiger partial charge is 0.326 e. The Hall–Kier alpha value is -3.63. The van der Waals surface area contributed by atoms with Crippen LogP contribution in [0.25, 0.3) is 0 Å². The summed E-state index contributed by atoms with van der Waals surface area (Å²) in [6.07, 6.45) is 0.237. The third-order valence-corrected chi connectivity index (χ3v) is 7.20. The zero-order chi connectivity index (χ0) is 26.1. The average Bonchev–Trinajstić information content (AvgIpc) is 3.46. The summed E-state index contributed by atoms with van der Waals surface area (Å²) in [5.41, 5.74) is 2.34. The van der Waals surface area contributed by atoms with Gasteiger partial charge in [0.1, 0.15) is 11.1 Å². The highest BCUT2D eigenvalue weighted by atomic mass is 35.5. The number of rotatable bonds is 5. The summed E-state index contributed by atoms with van der Waals surface area (Å²) in [7, 11) is 0. The SMILES string of the molecule is O=C(C[C@@H]1SC(N2N=C(c3ccc(F)cc3)C[C@@H]2c2cccc(Cl)c2)=NC1=O)Nc1ccc(F)c(F)c1. The number of hydrazone groups is 1. The van der Waals surface area contributed by atoms with Gasteiger partial charge in [-0.05, 0) is 47.5 Å². The number of anilines is 1. The van der Waals surface area contributed by atoms with Gasteiger partial charge in [0.15, 0.2) is 16.8 Å².